The molecule has 0 aromatic rings. The lowest BCUT2D eigenvalue weighted by molar-refractivity contribution is 0.0427. The Morgan fingerprint density at radius 1 is 1.43 bits per heavy atom. The monoisotopic (exact) mass is 203 g/mol. The van der Waals surface area contributed by atoms with Crippen molar-refractivity contribution in [1.82, 2.24) is 5.32 Å². The zero-order valence-electron chi connectivity index (χ0n) is 9.97. The van der Waals surface area contributed by atoms with Crippen molar-refractivity contribution in [3.63, 3.8) is 0 Å². The Hall–Kier alpha value is -0.120. The number of nitrogens with one attached hydrogen (secondary N) is 1. The second-order valence-corrected chi connectivity index (χ2v) is 4.34. The highest BCUT2D eigenvalue weighted by atomic mass is 16.5. The summed E-state index contributed by atoms with van der Waals surface area (Å²) in [7, 11) is 0. The van der Waals surface area contributed by atoms with Crippen molar-refractivity contribution in [3.8, 4) is 0 Å². The van der Waals surface area contributed by atoms with Crippen LogP contribution in [0.3, 0.4) is 0 Å². The second-order valence-electron chi connectivity index (χ2n) is 4.34. The van der Waals surface area contributed by atoms with Gasteiger partial charge in [0.1, 0.15) is 0 Å². The largest absolute Gasteiger partial charge is 0.389 e. The number of aliphatic hydroxyl groups is 1. The van der Waals surface area contributed by atoms with Crippen LogP contribution < -0.4 is 5.32 Å². The summed E-state index contributed by atoms with van der Waals surface area (Å²) in [5, 5.41) is 13.0. The highest BCUT2D eigenvalue weighted by molar-refractivity contribution is 4.74. The Kier molecular flexibility index (Phi) is 7.15. The molecule has 0 fully saturated rings. The van der Waals surface area contributed by atoms with E-state index in [0.717, 1.165) is 19.4 Å². The number of hydrogen-bond donors (Lipinski definition) is 2. The van der Waals surface area contributed by atoms with Crippen LogP contribution in [0.1, 0.15) is 40.5 Å². The normalized spacial score (nSPS) is 15.9. The second kappa shape index (κ2) is 7.21. The third-order valence-corrected chi connectivity index (χ3v) is 2.02. The van der Waals surface area contributed by atoms with E-state index >= 15 is 0 Å². The summed E-state index contributed by atoms with van der Waals surface area (Å²) in [5.74, 6) is 0. The molecule has 3 nitrogen and oxygen atoms in total. The van der Waals surface area contributed by atoms with E-state index in [1.807, 2.05) is 20.8 Å². The molecule has 0 rings (SSSR count). The van der Waals surface area contributed by atoms with Gasteiger partial charge in [-0.15, -0.1) is 0 Å². The lowest BCUT2D eigenvalue weighted by Gasteiger charge is -2.23. The van der Waals surface area contributed by atoms with Crippen molar-refractivity contribution in [2.45, 2.75) is 52.2 Å². The maximum absolute atomic E-state index is 9.82. The number of rotatable bonds is 8. The summed E-state index contributed by atoms with van der Waals surface area (Å²) in [5.41, 5.74) is -0.577. The molecule has 0 saturated heterocycles. The Morgan fingerprint density at radius 2 is 2.07 bits per heavy atom. The molecule has 0 spiro atoms. The highest BCUT2D eigenvalue weighted by Gasteiger charge is 2.17. The van der Waals surface area contributed by atoms with E-state index in [0.29, 0.717) is 13.2 Å². The molecular weight excluding hydrogens is 178 g/mol. The number of ether oxygens (including phenoxy) is 1. The smallest absolute Gasteiger partial charge is 0.0743 e. The van der Waals surface area contributed by atoms with Gasteiger partial charge >= 0.3 is 0 Å². The highest BCUT2D eigenvalue weighted by Crippen LogP contribution is 2.09. The zero-order chi connectivity index (χ0) is 11.0. The van der Waals surface area contributed by atoms with E-state index < -0.39 is 5.60 Å². The van der Waals surface area contributed by atoms with Crippen molar-refractivity contribution < 1.29 is 9.84 Å². The summed E-state index contributed by atoms with van der Waals surface area (Å²) in [6.45, 7) is 10.1. The molecule has 0 heterocycles. The van der Waals surface area contributed by atoms with Gasteiger partial charge in [-0.05, 0) is 27.2 Å². The van der Waals surface area contributed by atoms with Crippen LogP contribution >= 0.6 is 0 Å². The maximum Gasteiger partial charge on any atom is 0.0743 e. The van der Waals surface area contributed by atoms with Crippen molar-refractivity contribution in [1.29, 1.82) is 0 Å². The Morgan fingerprint density at radius 3 is 2.57 bits per heavy atom. The van der Waals surface area contributed by atoms with E-state index in [1.54, 1.807) is 0 Å². The maximum atomic E-state index is 9.82. The van der Waals surface area contributed by atoms with Crippen LogP contribution in [-0.2, 0) is 4.74 Å². The number of hydrogen-bond acceptors (Lipinski definition) is 3. The van der Waals surface area contributed by atoms with Crippen LogP contribution in [0.5, 0.6) is 0 Å². The fraction of sp³-hybridized carbons (Fsp3) is 1.00. The van der Waals surface area contributed by atoms with E-state index in [-0.39, 0.29) is 6.10 Å². The summed E-state index contributed by atoms with van der Waals surface area (Å²) in [6.07, 6.45) is 2.13. The van der Waals surface area contributed by atoms with Gasteiger partial charge < -0.3 is 15.2 Å². The van der Waals surface area contributed by atoms with E-state index in [1.165, 1.54) is 0 Å². The van der Waals surface area contributed by atoms with E-state index in [4.69, 9.17) is 4.74 Å². The molecule has 86 valence electrons. The lowest BCUT2D eigenvalue weighted by atomic mass is 10.0. The molecule has 0 amide bonds. The minimum atomic E-state index is -0.577. The Balaban J connectivity index is 3.34. The molecule has 0 aliphatic carbocycles. The first-order valence-corrected chi connectivity index (χ1v) is 5.52. The predicted octanol–water partition coefficient (Wildman–Crippen LogP) is 1.55. The van der Waals surface area contributed by atoms with Crippen LogP contribution in [0, 0.1) is 0 Å². The van der Waals surface area contributed by atoms with Gasteiger partial charge in [-0.2, -0.15) is 0 Å². The van der Waals surface area contributed by atoms with Crippen molar-refractivity contribution >= 4 is 0 Å². The zero-order valence-corrected chi connectivity index (χ0v) is 9.97. The summed E-state index contributed by atoms with van der Waals surface area (Å²) in [6, 6.07) is 0. The van der Waals surface area contributed by atoms with Crippen molar-refractivity contribution in [3.05, 3.63) is 0 Å². The standard InChI is InChI=1S/C11H25NO2/c1-5-6-11(4,13)9-12-7-8-14-10(2)3/h10,12-13H,5-9H2,1-4H3. The summed E-state index contributed by atoms with van der Waals surface area (Å²) in [4.78, 5) is 0. The quantitative estimate of drug-likeness (QED) is 0.588. The van der Waals surface area contributed by atoms with Crippen LogP contribution in [0.2, 0.25) is 0 Å². The molecule has 0 aliphatic heterocycles. The van der Waals surface area contributed by atoms with Crippen molar-refractivity contribution in [2.75, 3.05) is 19.7 Å². The van der Waals surface area contributed by atoms with Crippen LogP contribution in [-0.4, -0.2) is 36.5 Å². The molecule has 0 bridgehead atoms. The minimum absolute atomic E-state index is 0.285. The average Bonchev–Trinajstić information content (AvgIpc) is 2.02. The Bertz CT molecular complexity index is 135. The Labute approximate surface area is 87.8 Å². The van der Waals surface area contributed by atoms with E-state index in [9.17, 15) is 5.11 Å². The average molecular weight is 203 g/mol. The summed E-state index contributed by atoms with van der Waals surface area (Å²) < 4.78 is 5.37. The molecule has 1 unspecified atom stereocenters. The van der Waals surface area contributed by atoms with Gasteiger partial charge in [-0.3, -0.25) is 0 Å². The van der Waals surface area contributed by atoms with Crippen LogP contribution in [0.25, 0.3) is 0 Å². The topological polar surface area (TPSA) is 41.5 Å². The third kappa shape index (κ3) is 8.48. The molecule has 1 atom stereocenters. The fourth-order valence-corrected chi connectivity index (χ4v) is 1.35. The predicted molar refractivity (Wildman–Crippen MR) is 59.5 cm³/mol. The van der Waals surface area contributed by atoms with Gasteiger partial charge in [0.25, 0.3) is 0 Å². The first kappa shape index (κ1) is 13.9. The van der Waals surface area contributed by atoms with Crippen LogP contribution in [0.15, 0.2) is 0 Å². The van der Waals surface area contributed by atoms with Gasteiger partial charge in [0.2, 0.25) is 0 Å². The molecule has 2 N–H and O–H groups in total. The minimum Gasteiger partial charge on any atom is -0.389 e. The molecule has 0 aromatic heterocycles. The van der Waals surface area contributed by atoms with Gasteiger partial charge in [0.05, 0.1) is 18.3 Å². The van der Waals surface area contributed by atoms with Crippen molar-refractivity contribution in [2.24, 2.45) is 0 Å². The van der Waals surface area contributed by atoms with Gasteiger partial charge in [-0.25, -0.2) is 0 Å². The van der Waals surface area contributed by atoms with Gasteiger partial charge in [0.15, 0.2) is 0 Å². The molecule has 0 saturated carbocycles. The van der Waals surface area contributed by atoms with Gasteiger partial charge in [-0.1, -0.05) is 13.3 Å². The first-order valence-electron chi connectivity index (χ1n) is 5.52. The third-order valence-electron chi connectivity index (χ3n) is 2.02. The molecule has 14 heavy (non-hydrogen) atoms. The molecule has 0 aromatic carbocycles. The summed E-state index contributed by atoms with van der Waals surface area (Å²) >= 11 is 0. The SMILES string of the molecule is CCCC(C)(O)CNCCOC(C)C. The van der Waals surface area contributed by atoms with Crippen LogP contribution in [0.4, 0.5) is 0 Å². The van der Waals surface area contributed by atoms with Gasteiger partial charge in [0, 0.05) is 13.1 Å². The molecule has 0 aliphatic rings. The molecular formula is C11H25NO2. The first-order chi connectivity index (χ1) is 6.48. The molecule has 3 heteroatoms. The lowest BCUT2D eigenvalue weighted by Crippen LogP contribution is -2.39. The molecule has 0 radical (unpaired) electrons. The van der Waals surface area contributed by atoms with E-state index in [2.05, 4.69) is 12.2 Å². The fourth-order valence-electron chi connectivity index (χ4n) is 1.35.